The van der Waals surface area contributed by atoms with Gasteiger partial charge in [-0.1, -0.05) is 36.4 Å². The van der Waals surface area contributed by atoms with Gasteiger partial charge in [0.15, 0.2) is 0 Å². The molecule has 1 heterocycles. The van der Waals surface area contributed by atoms with E-state index < -0.39 is 10.0 Å². The highest BCUT2D eigenvalue weighted by Gasteiger charge is 2.26. The maximum atomic E-state index is 12.8. The van der Waals surface area contributed by atoms with Gasteiger partial charge < -0.3 is 14.8 Å². The van der Waals surface area contributed by atoms with Crippen LogP contribution in [0.3, 0.4) is 0 Å². The fourth-order valence-electron chi connectivity index (χ4n) is 3.31. The smallest absolute Gasteiger partial charge is 0.255 e. The lowest BCUT2D eigenvalue weighted by Crippen LogP contribution is -2.40. The second-order valence-corrected chi connectivity index (χ2v) is 9.23. The van der Waals surface area contributed by atoms with Gasteiger partial charge in [0, 0.05) is 24.3 Å². The van der Waals surface area contributed by atoms with Crippen LogP contribution in [0.15, 0.2) is 83.8 Å². The van der Waals surface area contributed by atoms with E-state index in [9.17, 15) is 13.2 Å². The maximum absolute atomic E-state index is 12.8. The lowest BCUT2D eigenvalue weighted by Gasteiger charge is -2.26. The molecule has 1 N–H and O–H groups in total. The van der Waals surface area contributed by atoms with Crippen LogP contribution in [0.1, 0.15) is 15.9 Å². The zero-order valence-corrected chi connectivity index (χ0v) is 18.3. The topological polar surface area (TPSA) is 84.9 Å². The SMILES string of the molecule is O=C(Nc1ccc(OCc2ccccc2)cc1)c1cccc(S(=O)(=O)N2CCOCC2)c1. The van der Waals surface area contributed by atoms with E-state index in [4.69, 9.17) is 9.47 Å². The van der Waals surface area contributed by atoms with Gasteiger partial charge in [0.25, 0.3) is 5.91 Å². The molecule has 1 amide bonds. The molecule has 0 aliphatic carbocycles. The Morgan fingerprint density at radius 3 is 2.38 bits per heavy atom. The van der Waals surface area contributed by atoms with Crippen molar-refractivity contribution >= 4 is 21.6 Å². The van der Waals surface area contributed by atoms with E-state index in [1.807, 2.05) is 30.3 Å². The molecule has 166 valence electrons. The Bertz CT molecular complexity index is 1160. The van der Waals surface area contributed by atoms with Crippen molar-refractivity contribution in [2.24, 2.45) is 0 Å². The van der Waals surface area contributed by atoms with Crippen molar-refractivity contribution in [1.29, 1.82) is 0 Å². The van der Waals surface area contributed by atoms with E-state index in [1.54, 1.807) is 36.4 Å². The predicted molar refractivity (Wildman–Crippen MR) is 121 cm³/mol. The number of anilines is 1. The van der Waals surface area contributed by atoms with E-state index in [1.165, 1.54) is 16.4 Å². The number of sulfonamides is 1. The molecule has 4 rings (SSSR count). The highest BCUT2D eigenvalue weighted by molar-refractivity contribution is 7.89. The Labute approximate surface area is 187 Å². The van der Waals surface area contributed by atoms with Crippen LogP contribution in [-0.4, -0.2) is 44.9 Å². The predicted octanol–water partition coefficient (Wildman–Crippen LogP) is 3.54. The van der Waals surface area contributed by atoms with Gasteiger partial charge in [0.2, 0.25) is 10.0 Å². The molecule has 1 aliphatic heterocycles. The van der Waals surface area contributed by atoms with Gasteiger partial charge in [-0.3, -0.25) is 4.79 Å². The molecule has 0 unspecified atom stereocenters. The van der Waals surface area contributed by atoms with Crippen LogP contribution < -0.4 is 10.1 Å². The minimum Gasteiger partial charge on any atom is -0.489 e. The second-order valence-electron chi connectivity index (χ2n) is 7.30. The first-order valence-electron chi connectivity index (χ1n) is 10.3. The standard InChI is InChI=1S/C24H24N2O5S/c27-24(20-7-4-8-23(17-20)32(28,29)26-13-15-30-16-14-26)25-21-9-11-22(12-10-21)31-18-19-5-2-1-3-6-19/h1-12,17H,13-16,18H2,(H,25,27). The van der Waals surface area contributed by atoms with Crippen molar-refractivity contribution in [2.45, 2.75) is 11.5 Å². The highest BCUT2D eigenvalue weighted by Crippen LogP contribution is 2.21. The quantitative estimate of drug-likeness (QED) is 0.593. The fraction of sp³-hybridized carbons (Fsp3) is 0.208. The Morgan fingerprint density at radius 2 is 1.66 bits per heavy atom. The molecule has 3 aromatic carbocycles. The Morgan fingerprint density at radius 1 is 0.938 bits per heavy atom. The molecule has 8 heteroatoms. The zero-order valence-electron chi connectivity index (χ0n) is 17.4. The second kappa shape index (κ2) is 9.95. The normalized spacial score (nSPS) is 14.6. The summed E-state index contributed by atoms with van der Waals surface area (Å²) < 4.78 is 38.1. The molecule has 3 aromatic rings. The third-order valence-corrected chi connectivity index (χ3v) is 6.96. The lowest BCUT2D eigenvalue weighted by molar-refractivity contribution is 0.0730. The third-order valence-electron chi connectivity index (χ3n) is 5.06. The summed E-state index contributed by atoms with van der Waals surface area (Å²) in [7, 11) is -3.67. The molecule has 1 aliphatic rings. The van der Waals surface area contributed by atoms with Crippen molar-refractivity contribution < 1.29 is 22.7 Å². The van der Waals surface area contributed by atoms with E-state index in [2.05, 4.69) is 5.32 Å². The first-order chi connectivity index (χ1) is 15.5. The Kier molecular flexibility index (Phi) is 6.84. The summed E-state index contributed by atoms with van der Waals surface area (Å²) in [4.78, 5) is 12.8. The fourth-order valence-corrected chi connectivity index (χ4v) is 4.77. The van der Waals surface area contributed by atoms with Gasteiger partial charge in [-0.15, -0.1) is 0 Å². The molecule has 1 fully saturated rings. The van der Waals surface area contributed by atoms with Gasteiger partial charge in [-0.05, 0) is 48.0 Å². The van der Waals surface area contributed by atoms with E-state index in [0.29, 0.717) is 44.3 Å². The van der Waals surface area contributed by atoms with Gasteiger partial charge >= 0.3 is 0 Å². The molecule has 0 aromatic heterocycles. The monoisotopic (exact) mass is 452 g/mol. The summed E-state index contributed by atoms with van der Waals surface area (Å²) in [5, 5.41) is 2.79. The van der Waals surface area contributed by atoms with Gasteiger partial charge in [0.05, 0.1) is 18.1 Å². The van der Waals surface area contributed by atoms with Gasteiger partial charge in [-0.25, -0.2) is 8.42 Å². The number of hydrogen-bond acceptors (Lipinski definition) is 5. The summed E-state index contributed by atoms with van der Waals surface area (Å²) in [5.74, 6) is 0.299. The number of hydrogen-bond donors (Lipinski definition) is 1. The molecule has 1 saturated heterocycles. The van der Waals surface area contributed by atoms with Crippen molar-refractivity contribution in [3.05, 3.63) is 90.0 Å². The van der Waals surface area contributed by atoms with Crippen LogP contribution in [0.4, 0.5) is 5.69 Å². The van der Waals surface area contributed by atoms with Gasteiger partial charge in [-0.2, -0.15) is 4.31 Å². The lowest BCUT2D eigenvalue weighted by atomic mass is 10.2. The summed E-state index contributed by atoms with van der Waals surface area (Å²) in [6.45, 7) is 1.79. The summed E-state index contributed by atoms with van der Waals surface area (Å²) in [6, 6.07) is 22.9. The van der Waals surface area contributed by atoms with Gasteiger partial charge in [0.1, 0.15) is 12.4 Å². The van der Waals surface area contributed by atoms with Crippen LogP contribution in [0.2, 0.25) is 0 Å². The summed E-state index contributed by atoms with van der Waals surface area (Å²) in [6.07, 6.45) is 0. The number of rotatable bonds is 7. The Balaban J connectivity index is 1.40. The van der Waals surface area contributed by atoms with Crippen LogP contribution in [0, 0.1) is 0 Å². The third kappa shape index (κ3) is 5.34. The minimum atomic E-state index is -3.67. The molecular weight excluding hydrogens is 428 g/mol. The van der Waals surface area contributed by atoms with Crippen LogP contribution in [-0.2, 0) is 21.4 Å². The number of carbonyl (C=O) groups is 1. The first-order valence-corrected chi connectivity index (χ1v) is 11.7. The maximum Gasteiger partial charge on any atom is 0.255 e. The number of ether oxygens (including phenoxy) is 2. The zero-order chi connectivity index (χ0) is 22.4. The molecule has 7 nitrogen and oxygen atoms in total. The van der Waals surface area contributed by atoms with Crippen LogP contribution in [0.25, 0.3) is 0 Å². The average Bonchev–Trinajstić information content (AvgIpc) is 2.85. The van der Waals surface area contributed by atoms with Crippen LogP contribution in [0.5, 0.6) is 5.75 Å². The number of carbonyl (C=O) groups excluding carboxylic acids is 1. The molecule has 0 saturated carbocycles. The average molecular weight is 453 g/mol. The number of nitrogens with one attached hydrogen (secondary N) is 1. The number of nitrogens with zero attached hydrogens (tertiary/aromatic N) is 1. The molecule has 0 radical (unpaired) electrons. The van der Waals surface area contributed by atoms with E-state index in [0.717, 1.165) is 5.56 Å². The highest BCUT2D eigenvalue weighted by atomic mass is 32.2. The molecule has 0 spiro atoms. The Hall–Kier alpha value is -3.20. The molecular formula is C24H24N2O5S. The molecule has 0 bridgehead atoms. The van der Waals surface area contributed by atoms with Crippen molar-refractivity contribution in [3.63, 3.8) is 0 Å². The van der Waals surface area contributed by atoms with E-state index >= 15 is 0 Å². The number of benzene rings is 3. The minimum absolute atomic E-state index is 0.0942. The largest absolute Gasteiger partial charge is 0.489 e. The summed E-state index contributed by atoms with van der Waals surface area (Å²) >= 11 is 0. The summed E-state index contributed by atoms with van der Waals surface area (Å²) in [5.41, 5.74) is 1.92. The number of amides is 1. The number of morpholine rings is 1. The van der Waals surface area contributed by atoms with Crippen molar-refractivity contribution in [1.82, 2.24) is 4.31 Å². The van der Waals surface area contributed by atoms with Crippen molar-refractivity contribution in [2.75, 3.05) is 31.6 Å². The van der Waals surface area contributed by atoms with E-state index in [-0.39, 0.29) is 16.4 Å². The molecule has 0 atom stereocenters. The molecule has 32 heavy (non-hydrogen) atoms. The van der Waals surface area contributed by atoms with Crippen LogP contribution >= 0.6 is 0 Å². The first kappa shape index (κ1) is 22.0. The van der Waals surface area contributed by atoms with Crippen molar-refractivity contribution in [3.8, 4) is 5.75 Å².